The molecule has 0 bridgehead atoms. The van der Waals surface area contributed by atoms with Crippen LogP contribution in [0.5, 0.6) is 0 Å². The fourth-order valence-electron chi connectivity index (χ4n) is 2.83. The van der Waals surface area contributed by atoms with Crippen LogP contribution in [0.3, 0.4) is 0 Å². The maximum atomic E-state index is 14.7. The summed E-state index contributed by atoms with van der Waals surface area (Å²) >= 11 is 6.03. The maximum absolute atomic E-state index is 14.7. The van der Waals surface area contributed by atoms with Gasteiger partial charge in [-0.2, -0.15) is 4.98 Å². The van der Waals surface area contributed by atoms with E-state index in [0.717, 1.165) is 0 Å². The lowest BCUT2D eigenvalue weighted by atomic mass is 10.1. The molecule has 3 heterocycles. The summed E-state index contributed by atoms with van der Waals surface area (Å²) in [5.74, 6) is -0.354. The Morgan fingerprint density at radius 2 is 1.92 bits per heavy atom. The second-order valence-electron chi connectivity index (χ2n) is 5.94. The first-order valence-electron chi connectivity index (χ1n) is 7.46. The number of aryl methyl sites for hydroxylation is 1. The summed E-state index contributed by atoms with van der Waals surface area (Å²) in [6.45, 7) is 3.96. The third-order valence-corrected chi connectivity index (χ3v) is 4.15. The Labute approximate surface area is 141 Å². The molecule has 0 saturated heterocycles. The van der Waals surface area contributed by atoms with E-state index >= 15 is 0 Å². The molecule has 24 heavy (non-hydrogen) atoms. The predicted octanol–water partition coefficient (Wildman–Crippen LogP) is 3.75. The van der Waals surface area contributed by atoms with Gasteiger partial charge in [0.15, 0.2) is 5.65 Å². The number of hydrogen-bond acceptors (Lipinski definition) is 4. The van der Waals surface area contributed by atoms with Crippen molar-refractivity contribution in [3.63, 3.8) is 0 Å². The van der Waals surface area contributed by atoms with Crippen LogP contribution < -0.4 is 0 Å². The minimum absolute atomic E-state index is 0.0920. The number of aromatic nitrogens is 6. The summed E-state index contributed by atoms with van der Waals surface area (Å²) in [7, 11) is 1.82. The fourth-order valence-corrected chi connectivity index (χ4v) is 3.00. The molecule has 0 N–H and O–H groups in total. The topological polar surface area (TPSA) is 61.4 Å². The summed E-state index contributed by atoms with van der Waals surface area (Å²) in [5, 5.41) is 0.0920. The summed E-state index contributed by atoms with van der Waals surface area (Å²) < 4.78 is 18.3. The lowest BCUT2D eigenvalue weighted by Gasteiger charge is -2.09. The number of halogens is 2. The smallest absolute Gasteiger partial charge is 0.225 e. The van der Waals surface area contributed by atoms with Crippen LogP contribution in [-0.4, -0.2) is 29.1 Å². The predicted molar refractivity (Wildman–Crippen MR) is 90.4 cm³/mol. The van der Waals surface area contributed by atoms with Crippen molar-refractivity contribution in [1.29, 1.82) is 0 Å². The Morgan fingerprint density at radius 1 is 1.12 bits per heavy atom. The van der Waals surface area contributed by atoms with E-state index < -0.39 is 0 Å². The molecule has 122 valence electrons. The molecule has 0 saturated carbocycles. The first-order valence-corrected chi connectivity index (χ1v) is 7.84. The van der Waals surface area contributed by atoms with Crippen LogP contribution in [-0.2, 0) is 7.05 Å². The van der Waals surface area contributed by atoms with E-state index in [1.165, 1.54) is 6.07 Å². The third-order valence-electron chi connectivity index (χ3n) is 3.98. The molecule has 1 aromatic carbocycles. The Hall–Kier alpha value is -2.54. The average molecular weight is 345 g/mol. The third kappa shape index (κ3) is 2.16. The molecule has 8 heteroatoms. The van der Waals surface area contributed by atoms with Gasteiger partial charge in [0.05, 0.1) is 18.2 Å². The lowest BCUT2D eigenvalue weighted by molar-refractivity contribution is 0.586. The Morgan fingerprint density at radius 3 is 2.67 bits per heavy atom. The van der Waals surface area contributed by atoms with E-state index in [-0.39, 0.29) is 17.1 Å². The van der Waals surface area contributed by atoms with Crippen LogP contribution in [0.25, 0.3) is 33.5 Å². The van der Waals surface area contributed by atoms with Crippen molar-refractivity contribution in [1.82, 2.24) is 29.1 Å². The van der Waals surface area contributed by atoms with Crippen molar-refractivity contribution in [3.8, 4) is 11.3 Å². The van der Waals surface area contributed by atoms with Crippen molar-refractivity contribution >= 4 is 33.8 Å². The van der Waals surface area contributed by atoms with Gasteiger partial charge in [-0.05, 0) is 37.6 Å². The highest BCUT2D eigenvalue weighted by molar-refractivity contribution is 6.28. The molecule has 4 rings (SSSR count). The normalized spacial score (nSPS) is 11.9. The molecule has 0 aliphatic carbocycles. The van der Waals surface area contributed by atoms with Gasteiger partial charge in [-0.15, -0.1) is 0 Å². The molecule has 0 aliphatic rings. The summed E-state index contributed by atoms with van der Waals surface area (Å²) in [5.41, 5.74) is 3.28. The summed E-state index contributed by atoms with van der Waals surface area (Å²) in [6.07, 6.45) is 3.27. The molecule has 0 aliphatic heterocycles. The van der Waals surface area contributed by atoms with Crippen LogP contribution in [0.1, 0.15) is 19.9 Å². The highest BCUT2D eigenvalue weighted by Crippen LogP contribution is 2.30. The number of imidazole rings is 2. The molecule has 0 spiro atoms. The van der Waals surface area contributed by atoms with E-state index in [1.54, 1.807) is 27.9 Å². The SMILES string of the molecule is CC(C)n1cnc2cc(-c3nc(Cl)nc4c3ncn4C)cc(F)c21. The number of benzene rings is 1. The van der Waals surface area contributed by atoms with E-state index in [2.05, 4.69) is 19.9 Å². The molecule has 0 atom stereocenters. The quantitative estimate of drug-likeness (QED) is 0.519. The largest absolute Gasteiger partial charge is 0.326 e. The number of rotatable bonds is 2. The lowest BCUT2D eigenvalue weighted by Crippen LogP contribution is -2.00. The number of fused-ring (bicyclic) bond motifs is 2. The van der Waals surface area contributed by atoms with Gasteiger partial charge < -0.3 is 9.13 Å². The first-order chi connectivity index (χ1) is 11.5. The molecular formula is C16H14ClFN6. The minimum Gasteiger partial charge on any atom is -0.326 e. The second kappa shape index (κ2) is 5.24. The van der Waals surface area contributed by atoms with Gasteiger partial charge in [0.2, 0.25) is 5.28 Å². The van der Waals surface area contributed by atoms with E-state index in [1.807, 2.05) is 20.9 Å². The zero-order chi connectivity index (χ0) is 17.0. The van der Waals surface area contributed by atoms with Gasteiger partial charge in [-0.3, -0.25) is 0 Å². The van der Waals surface area contributed by atoms with Gasteiger partial charge in [0, 0.05) is 18.7 Å². The maximum Gasteiger partial charge on any atom is 0.225 e. The van der Waals surface area contributed by atoms with Crippen molar-refractivity contribution in [3.05, 3.63) is 35.9 Å². The molecule has 4 aromatic rings. The van der Waals surface area contributed by atoms with Crippen molar-refractivity contribution < 1.29 is 4.39 Å². The van der Waals surface area contributed by atoms with E-state index in [0.29, 0.717) is 33.5 Å². The van der Waals surface area contributed by atoms with Crippen molar-refractivity contribution in [2.75, 3.05) is 0 Å². The summed E-state index contributed by atoms with van der Waals surface area (Å²) in [6, 6.07) is 3.35. The Kier molecular flexibility index (Phi) is 3.28. The second-order valence-corrected chi connectivity index (χ2v) is 6.28. The fraction of sp³-hybridized carbons (Fsp3) is 0.250. The van der Waals surface area contributed by atoms with Crippen LogP contribution in [0, 0.1) is 5.82 Å². The zero-order valence-electron chi connectivity index (χ0n) is 13.3. The Bertz CT molecular complexity index is 1080. The number of hydrogen-bond donors (Lipinski definition) is 0. The summed E-state index contributed by atoms with van der Waals surface area (Å²) in [4.78, 5) is 17.1. The molecule has 3 aromatic heterocycles. The van der Waals surface area contributed by atoms with E-state index in [4.69, 9.17) is 11.6 Å². The minimum atomic E-state index is -0.354. The number of nitrogens with zero attached hydrogens (tertiary/aromatic N) is 6. The molecular weight excluding hydrogens is 331 g/mol. The Balaban J connectivity index is 2.01. The average Bonchev–Trinajstić information content (AvgIpc) is 3.11. The van der Waals surface area contributed by atoms with Crippen molar-refractivity contribution in [2.24, 2.45) is 7.05 Å². The monoisotopic (exact) mass is 344 g/mol. The standard InChI is InChI=1S/C16H14ClFN6/c1-8(2)24-7-19-11-5-9(4-10(18)14(11)24)12-13-15(22-16(17)21-12)23(3)6-20-13/h4-8H,1-3H3. The molecule has 0 fully saturated rings. The van der Waals surface area contributed by atoms with Crippen LogP contribution in [0.4, 0.5) is 4.39 Å². The van der Waals surface area contributed by atoms with Gasteiger partial charge >= 0.3 is 0 Å². The van der Waals surface area contributed by atoms with Gasteiger partial charge in [0.1, 0.15) is 22.5 Å². The van der Waals surface area contributed by atoms with Gasteiger partial charge in [0.25, 0.3) is 0 Å². The van der Waals surface area contributed by atoms with Crippen LogP contribution >= 0.6 is 11.6 Å². The molecule has 0 radical (unpaired) electrons. The highest BCUT2D eigenvalue weighted by atomic mass is 35.5. The van der Waals surface area contributed by atoms with Crippen molar-refractivity contribution in [2.45, 2.75) is 19.9 Å². The molecule has 6 nitrogen and oxygen atoms in total. The molecule has 0 unspecified atom stereocenters. The van der Waals surface area contributed by atoms with E-state index in [9.17, 15) is 4.39 Å². The first kappa shape index (κ1) is 15.0. The molecule has 0 amide bonds. The van der Waals surface area contributed by atoms with Crippen LogP contribution in [0.2, 0.25) is 5.28 Å². The van der Waals surface area contributed by atoms with Gasteiger partial charge in [-0.25, -0.2) is 19.3 Å². The highest BCUT2D eigenvalue weighted by Gasteiger charge is 2.17. The van der Waals surface area contributed by atoms with Gasteiger partial charge in [-0.1, -0.05) is 0 Å². The zero-order valence-corrected chi connectivity index (χ0v) is 14.1. The van der Waals surface area contributed by atoms with Crippen LogP contribution in [0.15, 0.2) is 24.8 Å².